The summed E-state index contributed by atoms with van der Waals surface area (Å²) in [6.45, 7) is 4.12. The van der Waals surface area contributed by atoms with Crippen LogP contribution in [-0.2, 0) is 0 Å². The topological polar surface area (TPSA) is 12.5 Å². The molecule has 0 spiro atoms. The Balaban J connectivity index is 2.68. The fraction of sp³-hybridized carbons (Fsp3) is 0.250. The highest BCUT2D eigenvalue weighted by atomic mass is 16.6. The van der Waals surface area contributed by atoms with Crippen LogP contribution in [0.4, 0.5) is 0 Å². The van der Waals surface area contributed by atoms with Gasteiger partial charge in [-0.05, 0) is 25.0 Å². The van der Waals surface area contributed by atoms with Crippen LogP contribution in [0.1, 0.15) is 11.1 Å². The first-order valence-corrected chi connectivity index (χ1v) is 3.07. The Morgan fingerprint density at radius 3 is 1.89 bits per heavy atom. The standard InChI is InChI=1S/C8H8O/c1-5-3-4-6(2)8-7(5)9-8/h3-4H,1-2H3. The van der Waals surface area contributed by atoms with Gasteiger partial charge in [0.2, 0.25) is 0 Å². The van der Waals surface area contributed by atoms with Gasteiger partial charge in [0.05, 0.1) is 0 Å². The average Bonchev–Trinajstić information content (AvgIpc) is 2.57. The lowest BCUT2D eigenvalue weighted by molar-refractivity contribution is 0.643. The van der Waals surface area contributed by atoms with Gasteiger partial charge in [-0.25, -0.2) is 0 Å². The van der Waals surface area contributed by atoms with E-state index in [2.05, 4.69) is 26.0 Å². The second kappa shape index (κ2) is 1.29. The summed E-state index contributed by atoms with van der Waals surface area (Å²) in [5.41, 5.74) is 2.49. The van der Waals surface area contributed by atoms with E-state index in [0.29, 0.717) is 0 Å². The average molecular weight is 120 g/mol. The van der Waals surface area contributed by atoms with E-state index in [1.807, 2.05) is 0 Å². The first kappa shape index (κ1) is 4.86. The van der Waals surface area contributed by atoms with Gasteiger partial charge < -0.3 is 4.74 Å². The Kier molecular flexibility index (Phi) is 0.699. The van der Waals surface area contributed by atoms with Crippen molar-refractivity contribution in [2.24, 2.45) is 0 Å². The molecule has 1 aliphatic rings. The van der Waals surface area contributed by atoms with Crippen LogP contribution in [0.15, 0.2) is 12.1 Å². The van der Waals surface area contributed by atoms with Crippen molar-refractivity contribution < 1.29 is 4.74 Å². The summed E-state index contributed by atoms with van der Waals surface area (Å²) in [7, 11) is 0. The fourth-order valence-corrected chi connectivity index (χ4v) is 0.997. The highest BCUT2D eigenvalue weighted by Gasteiger charge is 2.24. The van der Waals surface area contributed by atoms with Gasteiger partial charge in [-0.15, -0.1) is 0 Å². The molecule has 0 N–H and O–H groups in total. The third-order valence-electron chi connectivity index (χ3n) is 1.67. The van der Waals surface area contributed by atoms with E-state index in [-0.39, 0.29) is 0 Å². The van der Waals surface area contributed by atoms with E-state index < -0.39 is 0 Å². The van der Waals surface area contributed by atoms with Crippen molar-refractivity contribution in [2.45, 2.75) is 13.8 Å². The zero-order chi connectivity index (χ0) is 6.43. The zero-order valence-corrected chi connectivity index (χ0v) is 5.56. The van der Waals surface area contributed by atoms with E-state index in [1.54, 1.807) is 0 Å². The molecule has 1 heteroatoms. The van der Waals surface area contributed by atoms with Gasteiger partial charge in [-0.2, -0.15) is 0 Å². The zero-order valence-electron chi connectivity index (χ0n) is 5.56. The molecule has 46 valence electrons. The Morgan fingerprint density at radius 1 is 1.00 bits per heavy atom. The summed E-state index contributed by atoms with van der Waals surface area (Å²) >= 11 is 0. The Labute approximate surface area is 54.3 Å². The van der Waals surface area contributed by atoms with Gasteiger partial charge in [0.25, 0.3) is 0 Å². The summed E-state index contributed by atoms with van der Waals surface area (Å²) in [5, 5.41) is 0. The predicted molar refractivity (Wildman–Crippen MR) is 36.0 cm³/mol. The molecule has 0 atom stereocenters. The van der Waals surface area contributed by atoms with Crippen molar-refractivity contribution in [3.05, 3.63) is 23.3 Å². The first-order chi connectivity index (χ1) is 4.29. The SMILES string of the molecule is Cc1ccc(C)c2c1O2. The van der Waals surface area contributed by atoms with Crippen molar-refractivity contribution in [3.63, 3.8) is 0 Å². The van der Waals surface area contributed by atoms with Crippen LogP contribution in [-0.4, -0.2) is 0 Å². The van der Waals surface area contributed by atoms with Crippen LogP contribution in [0.5, 0.6) is 11.5 Å². The second-order valence-corrected chi connectivity index (χ2v) is 2.46. The molecule has 0 unspecified atom stereocenters. The minimum absolute atomic E-state index is 1.09. The Bertz CT molecular complexity index is 237. The number of fused-ring (bicyclic) bond motifs is 1. The first-order valence-electron chi connectivity index (χ1n) is 3.07. The number of benzene rings is 1. The van der Waals surface area contributed by atoms with Gasteiger partial charge in [-0.3, -0.25) is 0 Å². The number of rotatable bonds is 0. The summed E-state index contributed by atoms with van der Waals surface area (Å²) in [6, 6.07) is 4.17. The van der Waals surface area contributed by atoms with E-state index in [0.717, 1.165) is 11.5 Å². The number of ether oxygens (including phenoxy) is 1. The van der Waals surface area contributed by atoms with E-state index in [1.165, 1.54) is 11.1 Å². The van der Waals surface area contributed by atoms with E-state index in [9.17, 15) is 0 Å². The summed E-state index contributed by atoms with van der Waals surface area (Å²) < 4.78 is 5.20. The number of hydrogen-bond donors (Lipinski definition) is 0. The van der Waals surface area contributed by atoms with Gasteiger partial charge in [0, 0.05) is 0 Å². The summed E-state index contributed by atoms with van der Waals surface area (Å²) in [5.74, 6) is 2.19. The van der Waals surface area contributed by atoms with Crippen LogP contribution in [0.3, 0.4) is 0 Å². The van der Waals surface area contributed by atoms with Crippen molar-refractivity contribution in [1.29, 1.82) is 0 Å². The normalized spacial score (nSPS) is 12.2. The summed E-state index contributed by atoms with van der Waals surface area (Å²) in [6.07, 6.45) is 0. The smallest absolute Gasteiger partial charge is 0.173 e. The second-order valence-electron chi connectivity index (χ2n) is 2.46. The Morgan fingerprint density at radius 2 is 1.44 bits per heavy atom. The van der Waals surface area contributed by atoms with Crippen LogP contribution in [0, 0.1) is 13.8 Å². The highest BCUT2D eigenvalue weighted by Crippen LogP contribution is 2.50. The van der Waals surface area contributed by atoms with Crippen LogP contribution in [0.25, 0.3) is 0 Å². The molecule has 1 aliphatic heterocycles. The number of aryl methyl sites for hydroxylation is 2. The van der Waals surface area contributed by atoms with E-state index >= 15 is 0 Å². The molecule has 1 aromatic rings. The van der Waals surface area contributed by atoms with E-state index in [4.69, 9.17) is 4.74 Å². The van der Waals surface area contributed by atoms with Crippen molar-refractivity contribution in [2.75, 3.05) is 0 Å². The van der Waals surface area contributed by atoms with Crippen LogP contribution in [0.2, 0.25) is 0 Å². The molecular formula is C8H8O. The summed E-state index contributed by atoms with van der Waals surface area (Å²) in [4.78, 5) is 0. The monoisotopic (exact) mass is 120 g/mol. The molecule has 0 radical (unpaired) electrons. The lowest BCUT2D eigenvalue weighted by Gasteiger charge is -1.82. The van der Waals surface area contributed by atoms with Crippen LogP contribution >= 0.6 is 0 Å². The minimum atomic E-state index is 1.09. The molecule has 0 amide bonds. The third kappa shape index (κ3) is 0.545. The van der Waals surface area contributed by atoms with Crippen molar-refractivity contribution in [3.8, 4) is 11.5 Å². The molecule has 0 bridgehead atoms. The molecule has 0 saturated heterocycles. The maximum absolute atomic E-state index is 5.20. The molecule has 9 heavy (non-hydrogen) atoms. The van der Waals surface area contributed by atoms with Gasteiger partial charge in [0.15, 0.2) is 11.5 Å². The molecule has 0 fully saturated rings. The maximum Gasteiger partial charge on any atom is 0.173 e. The molecule has 2 rings (SSSR count). The molecule has 1 aromatic carbocycles. The molecule has 0 aliphatic carbocycles. The van der Waals surface area contributed by atoms with Gasteiger partial charge in [-0.1, -0.05) is 12.1 Å². The van der Waals surface area contributed by atoms with Gasteiger partial charge >= 0.3 is 0 Å². The minimum Gasteiger partial charge on any atom is -0.449 e. The molecule has 1 nitrogen and oxygen atoms in total. The van der Waals surface area contributed by atoms with Crippen molar-refractivity contribution in [1.82, 2.24) is 0 Å². The largest absolute Gasteiger partial charge is 0.449 e. The maximum atomic E-state index is 5.20. The van der Waals surface area contributed by atoms with Gasteiger partial charge in [0.1, 0.15) is 0 Å². The van der Waals surface area contributed by atoms with Crippen molar-refractivity contribution >= 4 is 0 Å². The fourth-order valence-electron chi connectivity index (χ4n) is 0.997. The Hall–Kier alpha value is -0.980. The number of hydrogen-bond acceptors (Lipinski definition) is 1. The predicted octanol–water partition coefficient (Wildman–Crippen LogP) is 2.41. The van der Waals surface area contributed by atoms with Crippen LogP contribution < -0.4 is 4.74 Å². The molecule has 0 aromatic heterocycles. The third-order valence-corrected chi connectivity index (χ3v) is 1.67. The molecular weight excluding hydrogens is 112 g/mol. The molecule has 1 heterocycles. The quantitative estimate of drug-likeness (QED) is 0.486. The molecule has 0 saturated carbocycles. The highest BCUT2D eigenvalue weighted by molar-refractivity contribution is 5.62. The lowest BCUT2D eigenvalue weighted by Crippen LogP contribution is -1.63. The lowest BCUT2D eigenvalue weighted by atomic mass is 10.2.